The molecule has 1 atom stereocenters. The Balaban J connectivity index is 1.80. The van der Waals surface area contributed by atoms with Gasteiger partial charge in [-0.15, -0.1) is 0 Å². The molecule has 4 aromatic rings. The topological polar surface area (TPSA) is 86.8 Å². The number of carbonyl (C=O) groups is 2. The lowest BCUT2D eigenvalue weighted by molar-refractivity contribution is -0.140. The van der Waals surface area contributed by atoms with E-state index in [1.165, 1.54) is 17.0 Å². The smallest absolute Gasteiger partial charge is 0.264 e. The van der Waals surface area contributed by atoms with Crippen molar-refractivity contribution in [2.45, 2.75) is 44.2 Å². The molecule has 2 amide bonds. The Bertz CT molecular complexity index is 1630. The lowest BCUT2D eigenvalue weighted by atomic mass is 10.0. The summed E-state index contributed by atoms with van der Waals surface area (Å²) >= 11 is 6.29. The van der Waals surface area contributed by atoms with Crippen molar-refractivity contribution in [2.24, 2.45) is 0 Å². The van der Waals surface area contributed by atoms with Crippen LogP contribution in [-0.2, 0) is 32.6 Å². The number of sulfonamides is 1. The van der Waals surface area contributed by atoms with Crippen LogP contribution in [0, 0.1) is 6.92 Å². The first-order valence-electron chi connectivity index (χ1n) is 14.2. The molecule has 43 heavy (non-hydrogen) atoms. The molecule has 0 radical (unpaired) electrons. The largest absolute Gasteiger partial charge is 0.354 e. The van der Waals surface area contributed by atoms with E-state index in [2.05, 4.69) is 5.32 Å². The van der Waals surface area contributed by atoms with E-state index >= 15 is 0 Å². The van der Waals surface area contributed by atoms with Gasteiger partial charge in [-0.05, 0) is 60.4 Å². The van der Waals surface area contributed by atoms with E-state index in [9.17, 15) is 18.0 Å². The predicted molar refractivity (Wildman–Crippen MR) is 171 cm³/mol. The summed E-state index contributed by atoms with van der Waals surface area (Å²) in [7, 11) is -4.14. The van der Waals surface area contributed by atoms with Gasteiger partial charge in [0.05, 0.1) is 10.6 Å². The van der Waals surface area contributed by atoms with Gasteiger partial charge in [-0.1, -0.05) is 97.4 Å². The number of hydrogen-bond acceptors (Lipinski definition) is 4. The zero-order valence-electron chi connectivity index (χ0n) is 24.3. The molecule has 0 saturated heterocycles. The minimum atomic E-state index is -4.14. The third kappa shape index (κ3) is 8.24. The van der Waals surface area contributed by atoms with Crippen LogP contribution in [0.2, 0.25) is 5.02 Å². The lowest BCUT2D eigenvalue weighted by Crippen LogP contribution is -2.53. The van der Waals surface area contributed by atoms with Crippen molar-refractivity contribution >= 4 is 39.1 Å². The first-order chi connectivity index (χ1) is 20.7. The van der Waals surface area contributed by atoms with Crippen molar-refractivity contribution in [1.29, 1.82) is 0 Å². The molecule has 0 aliphatic carbocycles. The highest BCUT2D eigenvalue weighted by molar-refractivity contribution is 7.92. The molecule has 0 spiro atoms. The number of para-hydroxylation sites is 1. The van der Waals surface area contributed by atoms with E-state index in [-0.39, 0.29) is 23.8 Å². The van der Waals surface area contributed by atoms with Gasteiger partial charge in [0.2, 0.25) is 11.8 Å². The maximum absolute atomic E-state index is 14.4. The van der Waals surface area contributed by atoms with Gasteiger partial charge in [0, 0.05) is 24.5 Å². The number of aryl methyl sites for hydroxylation is 1. The van der Waals surface area contributed by atoms with Crippen LogP contribution in [0.1, 0.15) is 30.0 Å². The van der Waals surface area contributed by atoms with E-state index in [0.717, 1.165) is 21.9 Å². The minimum absolute atomic E-state index is 0.0590. The third-order valence-electron chi connectivity index (χ3n) is 7.06. The standard InChI is InChI=1S/C34H36ClN3O4S/c1-3-21-36-34(40)32(23-27-14-6-4-7-15-27)37(24-28-16-12-17-29(35)22-28)33(39)25-38(31-20-11-10-13-26(31)2)43(41,42)30-18-8-5-9-19-30/h4-20,22,32H,3,21,23-25H2,1-2H3,(H,36,40). The molecule has 0 aliphatic heterocycles. The van der Waals surface area contributed by atoms with Crippen LogP contribution in [-0.4, -0.2) is 44.3 Å². The van der Waals surface area contributed by atoms with Gasteiger partial charge in [-0.25, -0.2) is 8.42 Å². The molecular weight excluding hydrogens is 582 g/mol. The van der Waals surface area contributed by atoms with Crippen LogP contribution in [0.4, 0.5) is 5.69 Å². The first kappa shape index (κ1) is 31.8. The van der Waals surface area contributed by atoms with Crippen LogP contribution >= 0.6 is 11.6 Å². The summed E-state index contributed by atoms with van der Waals surface area (Å²) < 4.78 is 29.2. The summed E-state index contributed by atoms with van der Waals surface area (Å²) in [5.74, 6) is -0.829. The number of rotatable bonds is 13. The summed E-state index contributed by atoms with van der Waals surface area (Å²) in [6.07, 6.45) is 0.973. The normalized spacial score (nSPS) is 11.9. The van der Waals surface area contributed by atoms with E-state index in [0.29, 0.717) is 22.8 Å². The maximum atomic E-state index is 14.4. The average molecular weight is 618 g/mol. The van der Waals surface area contributed by atoms with Gasteiger partial charge in [0.1, 0.15) is 12.6 Å². The fraction of sp³-hybridized carbons (Fsp3) is 0.235. The molecule has 7 nitrogen and oxygen atoms in total. The number of amides is 2. The van der Waals surface area contributed by atoms with Gasteiger partial charge >= 0.3 is 0 Å². The van der Waals surface area contributed by atoms with Crippen LogP contribution in [0.3, 0.4) is 0 Å². The van der Waals surface area contributed by atoms with Crippen molar-refractivity contribution in [2.75, 3.05) is 17.4 Å². The minimum Gasteiger partial charge on any atom is -0.354 e. The Morgan fingerprint density at radius 1 is 0.837 bits per heavy atom. The SMILES string of the molecule is CCCNC(=O)C(Cc1ccccc1)N(Cc1cccc(Cl)c1)C(=O)CN(c1ccccc1C)S(=O)(=O)c1ccccc1. The van der Waals surface area contributed by atoms with Crippen molar-refractivity contribution in [3.05, 3.63) is 131 Å². The Kier molecular flexibility index (Phi) is 11.0. The van der Waals surface area contributed by atoms with E-state index < -0.39 is 28.5 Å². The molecule has 4 rings (SSSR count). The van der Waals surface area contributed by atoms with E-state index in [4.69, 9.17) is 11.6 Å². The van der Waals surface area contributed by atoms with Crippen LogP contribution < -0.4 is 9.62 Å². The molecule has 0 heterocycles. The molecule has 9 heteroatoms. The van der Waals surface area contributed by atoms with Crippen molar-refractivity contribution in [1.82, 2.24) is 10.2 Å². The molecule has 0 fully saturated rings. The highest BCUT2D eigenvalue weighted by Crippen LogP contribution is 2.27. The number of nitrogens with zero attached hydrogens (tertiary/aromatic N) is 2. The molecular formula is C34H36ClN3O4S. The zero-order chi connectivity index (χ0) is 30.8. The number of anilines is 1. The van der Waals surface area contributed by atoms with Gasteiger partial charge in [-0.3, -0.25) is 13.9 Å². The second kappa shape index (κ2) is 14.8. The number of nitrogens with one attached hydrogen (secondary N) is 1. The molecule has 1 N–H and O–H groups in total. The second-order valence-corrected chi connectivity index (χ2v) is 12.6. The highest BCUT2D eigenvalue weighted by atomic mass is 35.5. The van der Waals surface area contributed by atoms with Crippen molar-refractivity contribution < 1.29 is 18.0 Å². The molecule has 0 aromatic heterocycles. The van der Waals surface area contributed by atoms with Crippen molar-refractivity contribution in [3.8, 4) is 0 Å². The lowest BCUT2D eigenvalue weighted by Gasteiger charge is -2.34. The Hall–Kier alpha value is -4.14. The molecule has 1 unspecified atom stereocenters. The summed E-state index contributed by atoms with van der Waals surface area (Å²) in [4.78, 5) is 29.6. The second-order valence-electron chi connectivity index (χ2n) is 10.3. The van der Waals surface area contributed by atoms with Gasteiger partial charge in [-0.2, -0.15) is 0 Å². The van der Waals surface area contributed by atoms with E-state index in [1.807, 2.05) is 49.4 Å². The molecule has 0 aliphatic rings. The fourth-order valence-electron chi connectivity index (χ4n) is 4.83. The molecule has 0 saturated carbocycles. The monoisotopic (exact) mass is 617 g/mol. The third-order valence-corrected chi connectivity index (χ3v) is 9.07. The van der Waals surface area contributed by atoms with Gasteiger partial charge in [0.15, 0.2) is 0 Å². The number of benzene rings is 4. The highest BCUT2D eigenvalue weighted by Gasteiger charge is 2.34. The number of hydrogen-bond donors (Lipinski definition) is 1. The fourth-order valence-corrected chi connectivity index (χ4v) is 6.54. The molecule has 224 valence electrons. The quantitative estimate of drug-likeness (QED) is 0.199. The summed E-state index contributed by atoms with van der Waals surface area (Å²) in [6.45, 7) is 3.75. The van der Waals surface area contributed by atoms with Crippen LogP contribution in [0.5, 0.6) is 0 Å². The maximum Gasteiger partial charge on any atom is 0.264 e. The molecule has 4 aromatic carbocycles. The van der Waals surface area contributed by atoms with Gasteiger partial charge < -0.3 is 10.2 Å². The summed E-state index contributed by atoms with van der Waals surface area (Å²) in [5, 5.41) is 3.44. The van der Waals surface area contributed by atoms with Gasteiger partial charge in [0.25, 0.3) is 10.0 Å². The predicted octanol–water partition coefficient (Wildman–Crippen LogP) is 6.01. The van der Waals surface area contributed by atoms with Crippen molar-refractivity contribution in [3.63, 3.8) is 0 Å². The van der Waals surface area contributed by atoms with Crippen LogP contribution in [0.25, 0.3) is 0 Å². The number of halogens is 1. The summed E-state index contributed by atoms with van der Waals surface area (Å²) in [5.41, 5.74) is 2.67. The summed E-state index contributed by atoms with van der Waals surface area (Å²) in [6, 6.07) is 30.7. The molecule has 0 bridgehead atoms. The number of carbonyl (C=O) groups excluding carboxylic acids is 2. The average Bonchev–Trinajstić information content (AvgIpc) is 3.01. The van der Waals surface area contributed by atoms with Crippen LogP contribution in [0.15, 0.2) is 114 Å². The Morgan fingerprint density at radius 3 is 2.12 bits per heavy atom. The Morgan fingerprint density at radius 2 is 1.47 bits per heavy atom. The zero-order valence-corrected chi connectivity index (χ0v) is 25.9. The Labute approximate surface area is 259 Å². The first-order valence-corrected chi connectivity index (χ1v) is 16.0. The van der Waals surface area contributed by atoms with E-state index in [1.54, 1.807) is 61.5 Å².